The van der Waals surface area contributed by atoms with Gasteiger partial charge in [-0.25, -0.2) is 4.98 Å². The molecule has 4 rings (SSSR count). The minimum Gasteiger partial charge on any atom is -0.476 e. The summed E-state index contributed by atoms with van der Waals surface area (Å²) in [4.78, 5) is 13.1. The maximum absolute atomic E-state index is 9.63. The normalized spacial score (nSPS) is 17.8. The minimum atomic E-state index is 0.324. The van der Waals surface area contributed by atoms with E-state index < -0.39 is 0 Å². The van der Waals surface area contributed by atoms with E-state index in [1.807, 2.05) is 37.6 Å². The van der Waals surface area contributed by atoms with E-state index in [0.717, 1.165) is 17.7 Å². The van der Waals surface area contributed by atoms with E-state index in [2.05, 4.69) is 31.4 Å². The summed E-state index contributed by atoms with van der Waals surface area (Å²) in [5, 5.41) is 17.0. The molecule has 1 aliphatic rings. The molecular weight excluding hydrogens is 354 g/mol. The Balaban J connectivity index is 1.43. The molecule has 0 saturated heterocycles. The molecule has 1 saturated carbocycles. The van der Waals surface area contributed by atoms with Crippen LogP contribution in [0.5, 0.6) is 5.88 Å². The summed E-state index contributed by atoms with van der Waals surface area (Å²) in [7, 11) is 1.86. The highest BCUT2D eigenvalue weighted by atomic mass is 16.5. The smallest absolute Gasteiger partial charge is 0.237 e. The molecule has 0 amide bonds. The fourth-order valence-electron chi connectivity index (χ4n) is 3.20. The van der Waals surface area contributed by atoms with Gasteiger partial charge >= 0.3 is 0 Å². The van der Waals surface area contributed by atoms with Crippen LogP contribution in [0.4, 0.5) is 5.82 Å². The second-order valence-electron chi connectivity index (χ2n) is 6.96. The molecule has 0 aromatic carbocycles. The molecule has 8 heteroatoms. The predicted octanol–water partition coefficient (Wildman–Crippen LogP) is 2.58. The Bertz CT molecular complexity index is 1010. The first kappa shape index (κ1) is 17.9. The first-order valence-corrected chi connectivity index (χ1v) is 9.18. The van der Waals surface area contributed by atoms with Crippen LogP contribution in [0.1, 0.15) is 35.0 Å². The highest BCUT2D eigenvalue weighted by Crippen LogP contribution is 2.46. The van der Waals surface area contributed by atoms with Crippen LogP contribution >= 0.6 is 0 Å². The summed E-state index contributed by atoms with van der Waals surface area (Å²) in [6.07, 6.45) is 6.53. The number of hydrogen-bond donors (Lipinski definition) is 1. The molecule has 0 radical (unpaired) electrons. The first-order valence-electron chi connectivity index (χ1n) is 9.18. The number of nitriles is 1. The van der Waals surface area contributed by atoms with Crippen LogP contribution in [0, 0.1) is 24.2 Å². The maximum atomic E-state index is 9.63. The van der Waals surface area contributed by atoms with Gasteiger partial charge in [0.15, 0.2) is 11.4 Å². The molecule has 1 aliphatic carbocycles. The number of aromatic nitrogens is 5. The highest BCUT2D eigenvalue weighted by Gasteiger charge is 2.40. The summed E-state index contributed by atoms with van der Waals surface area (Å²) >= 11 is 0. The van der Waals surface area contributed by atoms with Crippen LogP contribution in [0.15, 0.2) is 36.8 Å². The van der Waals surface area contributed by atoms with Crippen LogP contribution in [-0.2, 0) is 13.6 Å². The van der Waals surface area contributed by atoms with Crippen molar-refractivity contribution in [3.63, 3.8) is 0 Å². The summed E-state index contributed by atoms with van der Waals surface area (Å²) < 4.78 is 7.66. The lowest BCUT2D eigenvalue weighted by Gasteiger charge is -2.12. The van der Waals surface area contributed by atoms with E-state index in [0.29, 0.717) is 48.1 Å². The van der Waals surface area contributed by atoms with Gasteiger partial charge < -0.3 is 10.1 Å². The Morgan fingerprint density at radius 1 is 1.36 bits per heavy atom. The third-order valence-electron chi connectivity index (χ3n) is 4.74. The Kier molecular flexibility index (Phi) is 4.89. The van der Waals surface area contributed by atoms with Gasteiger partial charge in [-0.2, -0.15) is 15.3 Å². The summed E-state index contributed by atoms with van der Waals surface area (Å²) in [6.45, 7) is 2.81. The topological polar surface area (TPSA) is 102 Å². The fourth-order valence-corrected chi connectivity index (χ4v) is 3.20. The molecule has 8 nitrogen and oxygen atoms in total. The Morgan fingerprint density at radius 3 is 2.96 bits per heavy atom. The van der Waals surface area contributed by atoms with Gasteiger partial charge in [-0.05, 0) is 25.5 Å². The molecule has 3 heterocycles. The number of pyridine rings is 1. The second kappa shape index (κ2) is 7.64. The fraction of sp³-hybridized carbons (Fsp3) is 0.350. The molecule has 1 fully saturated rings. The third kappa shape index (κ3) is 3.93. The Morgan fingerprint density at radius 2 is 2.25 bits per heavy atom. The van der Waals surface area contributed by atoms with Crippen LogP contribution < -0.4 is 10.1 Å². The van der Waals surface area contributed by atoms with Crippen molar-refractivity contribution in [1.29, 1.82) is 5.26 Å². The monoisotopic (exact) mass is 375 g/mol. The molecule has 2 atom stereocenters. The lowest BCUT2D eigenvalue weighted by molar-refractivity contribution is 0.283. The molecule has 3 aromatic rings. The maximum Gasteiger partial charge on any atom is 0.237 e. The number of aryl methyl sites for hydroxylation is 2. The molecule has 0 aliphatic heterocycles. The number of nitrogens with one attached hydrogen (secondary N) is 1. The lowest BCUT2D eigenvalue weighted by Crippen LogP contribution is -2.10. The zero-order valence-corrected chi connectivity index (χ0v) is 15.8. The molecule has 28 heavy (non-hydrogen) atoms. The summed E-state index contributed by atoms with van der Waals surface area (Å²) in [5.74, 6) is 2.17. The number of rotatable bonds is 7. The molecule has 142 valence electrons. The van der Waals surface area contributed by atoms with Gasteiger partial charge in [0.2, 0.25) is 5.88 Å². The summed E-state index contributed by atoms with van der Waals surface area (Å²) in [6, 6.07) is 8.13. The quantitative estimate of drug-likeness (QED) is 0.677. The van der Waals surface area contributed by atoms with Crippen molar-refractivity contribution < 1.29 is 4.74 Å². The van der Waals surface area contributed by atoms with Crippen molar-refractivity contribution in [2.24, 2.45) is 13.0 Å². The lowest BCUT2D eigenvalue weighted by atomic mass is 10.2. The Labute approximate surface area is 163 Å². The number of hydrogen-bond acceptors (Lipinski definition) is 7. The van der Waals surface area contributed by atoms with Crippen LogP contribution in [0.25, 0.3) is 0 Å². The van der Waals surface area contributed by atoms with Gasteiger partial charge in [-0.15, -0.1) is 0 Å². The number of ether oxygens (including phenoxy) is 1. The molecular formula is C20H21N7O. The largest absolute Gasteiger partial charge is 0.476 e. The van der Waals surface area contributed by atoms with Gasteiger partial charge in [-0.3, -0.25) is 9.67 Å². The second-order valence-corrected chi connectivity index (χ2v) is 6.96. The Hall–Kier alpha value is -3.47. The van der Waals surface area contributed by atoms with Gasteiger partial charge in [0.1, 0.15) is 11.9 Å². The molecule has 0 spiro atoms. The number of anilines is 1. The van der Waals surface area contributed by atoms with E-state index in [9.17, 15) is 5.26 Å². The van der Waals surface area contributed by atoms with Gasteiger partial charge in [-0.1, -0.05) is 6.07 Å². The van der Waals surface area contributed by atoms with E-state index in [4.69, 9.17) is 4.74 Å². The van der Waals surface area contributed by atoms with E-state index in [1.165, 1.54) is 0 Å². The average molecular weight is 375 g/mol. The third-order valence-corrected chi connectivity index (χ3v) is 4.74. The van der Waals surface area contributed by atoms with Crippen LogP contribution in [0.3, 0.4) is 0 Å². The van der Waals surface area contributed by atoms with Gasteiger partial charge in [0.25, 0.3) is 0 Å². The molecule has 1 N–H and O–H groups in total. The van der Waals surface area contributed by atoms with E-state index in [-0.39, 0.29) is 0 Å². The van der Waals surface area contributed by atoms with E-state index in [1.54, 1.807) is 17.8 Å². The van der Waals surface area contributed by atoms with Crippen molar-refractivity contribution >= 4 is 5.82 Å². The SMILES string of the molecule is Cc1nc(NCc2cnn(C)c2)c(C#N)c(OCC2CC2c2ccccn2)n1. The zero-order valence-electron chi connectivity index (χ0n) is 15.8. The van der Waals surface area contributed by atoms with Crippen molar-refractivity contribution in [1.82, 2.24) is 24.7 Å². The number of nitrogens with zero attached hydrogens (tertiary/aromatic N) is 6. The van der Waals surface area contributed by atoms with Crippen molar-refractivity contribution in [3.8, 4) is 11.9 Å². The molecule has 0 bridgehead atoms. The van der Waals surface area contributed by atoms with E-state index >= 15 is 0 Å². The average Bonchev–Trinajstić information content (AvgIpc) is 3.37. The van der Waals surface area contributed by atoms with Crippen molar-refractivity contribution in [2.45, 2.75) is 25.8 Å². The van der Waals surface area contributed by atoms with Gasteiger partial charge in [0.05, 0.1) is 12.8 Å². The highest BCUT2D eigenvalue weighted by molar-refractivity contribution is 5.57. The standard InChI is InChI=1S/C20H21N7O/c1-13-25-19(23-9-14-10-24-27(2)11-14)17(8-21)20(26-13)28-12-15-7-16(15)18-5-3-4-6-22-18/h3-6,10-11,15-16H,7,9,12H2,1-2H3,(H,23,25,26). The zero-order chi connectivity index (χ0) is 19.5. The first-order chi connectivity index (χ1) is 13.6. The molecule has 3 aromatic heterocycles. The minimum absolute atomic E-state index is 0.324. The predicted molar refractivity (Wildman–Crippen MR) is 103 cm³/mol. The van der Waals surface area contributed by atoms with Gasteiger partial charge in [0, 0.05) is 49.1 Å². The van der Waals surface area contributed by atoms with Crippen molar-refractivity contribution in [2.75, 3.05) is 11.9 Å². The molecule has 2 unspecified atom stereocenters. The summed E-state index contributed by atoms with van der Waals surface area (Å²) in [5.41, 5.74) is 2.42. The van der Waals surface area contributed by atoms with Crippen LogP contribution in [0.2, 0.25) is 0 Å². The van der Waals surface area contributed by atoms with Crippen molar-refractivity contribution in [3.05, 3.63) is 59.4 Å². The van der Waals surface area contributed by atoms with Crippen LogP contribution in [-0.4, -0.2) is 31.3 Å².